The highest BCUT2D eigenvalue weighted by molar-refractivity contribution is 7.22. The molecule has 0 radical (unpaired) electrons. The quantitative estimate of drug-likeness (QED) is 0.492. The topological polar surface area (TPSA) is 82.2 Å². The number of hydrogen-bond acceptors (Lipinski definition) is 7. The molecule has 1 aromatic carbocycles. The van der Waals surface area contributed by atoms with Gasteiger partial charge in [0, 0.05) is 67.7 Å². The van der Waals surface area contributed by atoms with E-state index in [1.54, 1.807) is 18.4 Å². The fourth-order valence-electron chi connectivity index (χ4n) is 3.98. The van der Waals surface area contributed by atoms with Crippen molar-refractivity contribution in [2.24, 2.45) is 0 Å². The van der Waals surface area contributed by atoms with Gasteiger partial charge in [0.2, 0.25) is 5.95 Å². The minimum Gasteiger partial charge on any atom is -0.355 e. The molecule has 0 aliphatic carbocycles. The first-order chi connectivity index (χ1) is 15.1. The van der Waals surface area contributed by atoms with Crippen LogP contribution in [0.15, 0.2) is 30.5 Å². The number of aryl methyl sites for hydroxylation is 1. The molecule has 1 atom stereocenters. The largest absolute Gasteiger partial charge is 0.355 e. The predicted octanol–water partition coefficient (Wildman–Crippen LogP) is 3.12. The zero-order chi connectivity index (χ0) is 21.8. The van der Waals surface area contributed by atoms with Crippen LogP contribution in [0.1, 0.15) is 29.3 Å². The molecule has 0 saturated carbocycles. The summed E-state index contributed by atoms with van der Waals surface area (Å²) < 4.78 is 1.08. The molecule has 1 aliphatic rings. The first kappa shape index (κ1) is 21.7. The van der Waals surface area contributed by atoms with Crippen LogP contribution in [0.2, 0.25) is 0 Å². The molecule has 4 rings (SSSR count). The maximum atomic E-state index is 12.2. The maximum Gasteiger partial charge on any atom is 0.251 e. The van der Waals surface area contributed by atoms with E-state index >= 15 is 0 Å². The number of nitrogens with zero attached hydrogens (tertiary/aromatic N) is 3. The summed E-state index contributed by atoms with van der Waals surface area (Å²) in [6.45, 7) is 9.45. The second-order valence-electron chi connectivity index (χ2n) is 8.00. The molecule has 0 unspecified atom stereocenters. The summed E-state index contributed by atoms with van der Waals surface area (Å²) in [5.74, 6) is 0.577. The van der Waals surface area contributed by atoms with E-state index in [1.807, 2.05) is 31.3 Å². The number of hydrogen-bond donors (Lipinski definition) is 3. The monoisotopic (exact) mass is 438 g/mol. The Hall–Kier alpha value is -2.55. The molecule has 0 bridgehead atoms. The van der Waals surface area contributed by atoms with Crippen LogP contribution >= 0.6 is 11.3 Å². The highest BCUT2D eigenvalue weighted by Crippen LogP contribution is 2.35. The first-order valence-electron chi connectivity index (χ1n) is 10.8. The lowest BCUT2D eigenvalue weighted by Crippen LogP contribution is -2.50. The van der Waals surface area contributed by atoms with Gasteiger partial charge in [-0.3, -0.25) is 9.69 Å². The summed E-state index contributed by atoms with van der Waals surface area (Å²) in [5.41, 5.74) is 2.63. The number of carbonyl (C=O) groups is 1. The van der Waals surface area contributed by atoms with Gasteiger partial charge in [0.25, 0.3) is 5.91 Å². The van der Waals surface area contributed by atoms with Crippen LogP contribution in [0.5, 0.6) is 0 Å². The molecular formula is C23H30N6OS. The van der Waals surface area contributed by atoms with Gasteiger partial charge in [0.05, 0.1) is 10.6 Å². The van der Waals surface area contributed by atoms with E-state index in [0.29, 0.717) is 17.6 Å². The van der Waals surface area contributed by atoms with Crippen molar-refractivity contribution in [1.82, 2.24) is 25.5 Å². The number of aromatic nitrogens is 2. The van der Waals surface area contributed by atoms with E-state index in [2.05, 4.69) is 38.8 Å². The van der Waals surface area contributed by atoms with E-state index in [9.17, 15) is 4.79 Å². The molecule has 1 fully saturated rings. The highest BCUT2D eigenvalue weighted by Gasteiger charge is 2.17. The highest BCUT2D eigenvalue weighted by atomic mass is 32.1. The predicted molar refractivity (Wildman–Crippen MR) is 128 cm³/mol. The Balaban J connectivity index is 1.47. The number of nitrogens with one attached hydrogen (secondary N) is 3. The molecule has 2 aromatic heterocycles. The van der Waals surface area contributed by atoms with Crippen LogP contribution in [0.4, 0.5) is 5.95 Å². The van der Waals surface area contributed by atoms with Gasteiger partial charge in [0.1, 0.15) is 0 Å². The Bertz CT molecular complexity index is 1070. The van der Waals surface area contributed by atoms with E-state index in [-0.39, 0.29) is 5.91 Å². The SMILES string of the molecule is CNC(=O)c1cccc2sc(-c3nc(NCCCN4CCNC[C@H]4C)ncc3C)cc12. The number of carbonyl (C=O) groups excluding carboxylic acids is 1. The van der Waals surface area contributed by atoms with Crippen molar-refractivity contribution in [2.75, 3.05) is 45.1 Å². The minimum atomic E-state index is -0.0736. The Morgan fingerprint density at radius 2 is 2.26 bits per heavy atom. The summed E-state index contributed by atoms with van der Waals surface area (Å²) in [5, 5.41) is 10.5. The number of piperazine rings is 1. The number of thiophene rings is 1. The van der Waals surface area contributed by atoms with Gasteiger partial charge in [-0.15, -0.1) is 11.3 Å². The lowest BCUT2D eigenvalue weighted by molar-refractivity contribution is 0.0964. The number of rotatable bonds is 7. The van der Waals surface area contributed by atoms with Gasteiger partial charge in [-0.25, -0.2) is 9.97 Å². The summed E-state index contributed by atoms with van der Waals surface area (Å²) in [4.78, 5) is 25.1. The van der Waals surface area contributed by atoms with Crippen LogP contribution in [-0.4, -0.2) is 66.6 Å². The third-order valence-electron chi connectivity index (χ3n) is 5.78. The summed E-state index contributed by atoms with van der Waals surface area (Å²) in [6.07, 6.45) is 2.92. The van der Waals surface area contributed by atoms with Gasteiger partial charge in [-0.2, -0.15) is 0 Å². The molecule has 7 nitrogen and oxygen atoms in total. The van der Waals surface area contributed by atoms with E-state index < -0.39 is 0 Å². The normalized spacial score (nSPS) is 17.1. The van der Waals surface area contributed by atoms with E-state index in [1.165, 1.54) is 0 Å². The summed E-state index contributed by atoms with van der Waals surface area (Å²) in [7, 11) is 1.66. The average Bonchev–Trinajstić information content (AvgIpc) is 3.22. The molecule has 31 heavy (non-hydrogen) atoms. The van der Waals surface area contributed by atoms with Crippen molar-refractivity contribution in [1.29, 1.82) is 0 Å². The second kappa shape index (κ2) is 9.72. The van der Waals surface area contributed by atoms with Crippen molar-refractivity contribution in [3.63, 3.8) is 0 Å². The first-order valence-corrected chi connectivity index (χ1v) is 11.7. The Kier molecular flexibility index (Phi) is 6.80. The molecule has 8 heteroatoms. The molecule has 3 aromatic rings. The van der Waals surface area contributed by atoms with Crippen molar-refractivity contribution in [3.05, 3.63) is 41.6 Å². The molecular weight excluding hydrogens is 408 g/mol. The van der Waals surface area contributed by atoms with E-state index in [0.717, 1.165) is 65.4 Å². The van der Waals surface area contributed by atoms with Crippen molar-refractivity contribution in [3.8, 4) is 10.6 Å². The number of anilines is 1. The molecule has 1 saturated heterocycles. The van der Waals surface area contributed by atoms with Gasteiger partial charge >= 0.3 is 0 Å². The average molecular weight is 439 g/mol. The van der Waals surface area contributed by atoms with Gasteiger partial charge in [-0.05, 0) is 44.0 Å². The molecule has 3 N–H and O–H groups in total. The van der Waals surface area contributed by atoms with Crippen molar-refractivity contribution >= 4 is 33.3 Å². The summed E-state index contributed by atoms with van der Waals surface area (Å²) in [6, 6.07) is 8.48. The van der Waals surface area contributed by atoms with Crippen LogP contribution in [-0.2, 0) is 0 Å². The molecule has 3 heterocycles. The fourth-order valence-corrected chi connectivity index (χ4v) is 5.13. The lowest BCUT2D eigenvalue weighted by Gasteiger charge is -2.33. The van der Waals surface area contributed by atoms with Crippen LogP contribution in [0.25, 0.3) is 20.7 Å². The molecule has 1 aliphatic heterocycles. The minimum absolute atomic E-state index is 0.0736. The number of benzene rings is 1. The lowest BCUT2D eigenvalue weighted by atomic mass is 10.1. The fraction of sp³-hybridized carbons (Fsp3) is 0.435. The van der Waals surface area contributed by atoms with Gasteiger partial charge in [0.15, 0.2) is 0 Å². The van der Waals surface area contributed by atoms with Crippen LogP contribution < -0.4 is 16.0 Å². The van der Waals surface area contributed by atoms with Crippen LogP contribution in [0, 0.1) is 6.92 Å². The van der Waals surface area contributed by atoms with Crippen LogP contribution in [0.3, 0.4) is 0 Å². The Labute approximate surface area is 187 Å². The Morgan fingerprint density at radius 1 is 1.39 bits per heavy atom. The number of fused-ring (bicyclic) bond motifs is 1. The second-order valence-corrected chi connectivity index (χ2v) is 9.09. The third kappa shape index (κ3) is 4.87. The van der Waals surface area contributed by atoms with Gasteiger partial charge in [-0.1, -0.05) is 6.07 Å². The van der Waals surface area contributed by atoms with E-state index in [4.69, 9.17) is 4.98 Å². The van der Waals surface area contributed by atoms with Crippen molar-refractivity contribution < 1.29 is 4.79 Å². The Morgan fingerprint density at radius 3 is 3.06 bits per heavy atom. The molecule has 1 amide bonds. The molecule has 164 valence electrons. The molecule has 0 spiro atoms. The zero-order valence-electron chi connectivity index (χ0n) is 18.4. The number of amides is 1. The van der Waals surface area contributed by atoms with Crippen molar-refractivity contribution in [2.45, 2.75) is 26.3 Å². The smallest absolute Gasteiger partial charge is 0.251 e. The zero-order valence-corrected chi connectivity index (χ0v) is 19.2. The van der Waals surface area contributed by atoms with Gasteiger partial charge < -0.3 is 16.0 Å². The standard InChI is InChI=1S/C23H30N6OS/c1-15-13-27-23(26-8-5-10-29-11-9-25-14-16(29)2)28-21(15)20-12-18-17(22(30)24-3)6-4-7-19(18)31-20/h4,6-7,12-13,16,25H,5,8-11,14H2,1-3H3,(H,24,30)(H,26,27,28)/t16-/m1/s1. The summed E-state index contributed by atoms with van der Waals surface area (Å²) >= 11 is 1.65. The maximum absolute atomic E-state index is 12.2. The third-order valence-corrected chi connectivity index (χ3v) is 6.89.